The number of carbonyl (C=O) groups is 1. The number of Topliss-reactive ketones (excluding diaryl/α,β-unsaturated/α-hetero) is 1. The second kappa shape index (κ2) is 4.37. The van der Waals surface area contributed by atoms with Crippen molar-refractivity contribution in [2.24, 2.45) is 0 Å². The number of fused-ring (bicyclic) bond motifs is 1. The Bertz CT molecular complexity index is 634. The zero-order chi connectivity index (χ0) is 13.6. The summed E-state index contributed by atoms with van der Waals surface area (Å²) in [6.45, 7) is 6.27. The van der Waals surface area contributed by atoms with E-state index in [0.717, 1.165) is 35.5 Å². The number of aromatic nitrogens is 3. The first kappa shape index (κ1) is 12.2. The standard InChI is InChI=1S/C15H19N3O/c1-10(2)17-9-12(8-16-17)18-11(3)7-13-14(18)5-4-6-15(13)19/h7-10H,4-6H2,1-3H3. The summed E-state index contributed by atoms with van der Waals surface area (Å²) in [5.74, 6) is 0.277. The fourth-order valence-electron chi connectivity index (χ4n) is 2.81. The fraction of sp³-hybridized carbons (Fsp3) is 0.467. The predicted octanol–water partition coefficient (Wildman–Crippen LogP) is 3.08. The zero-order valence-corrected chi connectivity index (χ0v) is 11.7. The van der Waals surface area contributed by atoms with Crippen LogP contribution in [0, 0.1) is 6.92 Å². The number of ketones is 1. The van der Waals surface area contributed by atoms with Gasteiger partial charge < -0.3 is 4.57 Å². The Morgan fingerprint density at radius 1 is 1.32 bits per heavy atom. The quantitative estimate of drug-likeness (QED) is 0.829. The van der Waals surface area contributed by atoms with Crippen LogP contribution in [0.4, 0.5) is 0 Å². The molecule has 0 amide bonds. The average Bonchev–Trinajstić information content (AvgIpc) is 2.93. The van der Waals surface area contributed by atoms with Gasteiger partial charge in [-0.25, -0.2) is 0 Å². The lowest BCUT2D eigenvalue weighted by atomic mass is 9.96. The Labute approximate surface area is 113 Å². The molecule has 100 valence electrons. The minimum atomic E-state index is 0.277. The highest BCUT2D eigenvalue weighted by Crippen LogP contribution is 2.28. The molecular formula is C15H19N3O. The molecule has 19 heavy (non-hydrogen) atoms. The second-order valence-electron chi connectivity index (χ2n) is 5.53. The molecule has 2 heterocycles. The van der Waals surface area contributed by atoms with Crippen molar-refractivity contribution in [3.63, 3.8) is 0 Å². The molecule has 0 unspecified atom stereocenters. The van der Waals surface area contributed by atoms with Crippen molar-refractivity contribution in [2.45, 2.75) is 46.1 Å². The van der Waals surface area contributed by atoms with Crippen LogP contribution in [-0.2, 0) is 6.42 Å². The molecule has 2 aromatic rings. The van der Waals surface area contributed by atoms with Gasteiger partial charge in [0.05, 0.1) is 11.9 Å². The molecule has 0 bridgehead atoms. The Balaban J connectivity index is 2.12. The van der Waals surface area contributed by atoms with Gasteiger partial charge in [-0.05, 0) is 39.7 Å². The summed E-state index contributed by atoms with van der Waals surface area (Å²) < 4.78 is 4.13. The van der Waals surface area contributed by atoms with E-state index in [-0.39, 0.29) is 5.78 Å². The van der Waals surface area contributed by atoms with Crippen LogP contribution in [0.1, 0.15) is 54.5 Å². The Hall–Kier alpha value is -1.84. The van der Waals surface area contributed by atoms with Gasteiger partial charge >= 0.3 is 0 Å². The summed E-state index contributed by atoms with van der Waals surface area (Å²) in [5.41, 5.74) is 4.23. The third-order valence-electron chi connectivity index (χ3n) is 3.78. The maximum absolute atomic E-state index is 12.0. The normalized spacial score (nSPS) is 15.1. The highest BCUT2D eigenvalue weighted by Gasteiger charge is 2.23. The van der Waals surface area contributed by atoms with E-state index in [1.807, 2.05) is 16.9 Å². The second-order valence-corrected chi connectivity index (χ2v) is 5.53. The SMILES string of the molecule is Cc1cc2c(n1-c1cnn(C(C)C)c1)CCCC2=O. The number of hydrogen-bond donors (Lipinski definition) is 0. The summed E-state index contributed by atoms with van der Waals surface area (Å²) >= 11 is 0. The topological polar surface area (TPSA) is 39.8 Å². The first-order valence-corrected chi connectivity index (χ1v) is 6.87. The van der Waals surface area contributed by atoms with E-state index in [1.165, 1.54) is 0 Å². The van der Waals surface area contributed by atoms with Crippen LogP contribution in [0.5, 0.6) is 0 Å². The van der Waals surface area contributed by atoms with Gasteiger partial charge in [0.15, 0.2) is 5.78 Å². The highest BCUT2D eigenvalue weighted by molar-refractivity contribution is 5.98. The van der Waals surface area contributed by atoms with Gasteiger partial charge in [0.2, 0.25) is 0 Å². The Morgan fingerprint density at radius 3 is 2.79 bits per heavy atom. The number of aryl methyl sites for hydroxylation is 1. The van der Waals surface area contributed by atoms with Crippen LogP contribution in [0.3, 0.4) is 0 Å². The fourth-order valence-corrected chi connectivity index (χ4v) is 2.81. The van der Waals surface area contributed by atoms with Gasteiger partial charge in [-0.1, -0.05) is 0 Å². The number of hydrogen-bond acceptors (Lipinski definition) is 2. The van der Waals surface area contributed by atoms with Gasteiger partial charge in [0.25, 0.3) is 0 Å². The van der Waals surface area contributed by atoms with Crippen LogP contribution < -0.4 is 0 Å². The minimum absolute atomic E-state index is 0.277. The largest absolute Gasteiger partial charge is 0.315 e. The molecule has 4 nitrogen and oxygen atoms in total. The van der Waals surface area contributed by atoms with Crippen LogP contribution in [0.2, 0.25) is 0 Å². The molecular weight excluding hydrogens is 238 g/mol. The van der Waals surface area contributed by atoms with Gasteiger partial charge in [-0.3, -0.25) is 9.48 Å². The van der Waals surface area contributed by atoms with Crippen LogP contribution in [0.25, 0.3) is 5.69 Å². The number of carbonyl (C=O) groups excluding carboxylic acids is 1. The number of nitrogens with zero attached hydrogens (tertiary/aromatic N) is 3. The van der Waals surface area contributed by atoms with E-state index in [4.69, 9.17) is 0 Å². The van der Waals surface area contributed by atoms with Gasteiger partial charge in [-0.2, -0.15) is 5.10 Å². The summed E-state index contributed by atoms with van der Waals surface area (Å²) in [5, 5.41) is 4.39. The molecule has 4 heteroatoms. The molecule has 1 aliphatic rings. The van der Waals surface area contributed by atoms with E-state index in [9.17, 15) is 4.79 Å². The molecule has 0 saturated carbocycles. The lowest BCUT2D eigenvalue weighted by molar-refractivity contribution is 0.0972. The van der Waals surface area contributed by atoms with Crippen molar-refractivity contribution in [3.8, 4) is 5.69 Å². The molecule has 0 radical (unpaired) electrons. The molecule has 0 atom stereocenters. The summed E-state index contributed by atoms with van der Waals surface area (Å²) in [6.07, 6.45) is 6.54. The van der Waals surface area contributed by atoms with E-state index in [2.05, 4.69) is 36.6 Å². The molecule has 0 spiro atoms. The molecule has 0 aromatic carbocycles. The van der Waals surface area contributed by atoms with Crippen LogP contribution in [0.15, 0.2) is 18.5 Å². The van der Waals surface area contributed by atoms with Crippen molar-refractivity contribution in [1.29, 1.82) is 0 Å². The summed E-state index contributed by atoms with van der Waals surface area (Å²) in [6, 6.07) is 2.37. The van der Waals surface area contributed by atoms with E-state index in [0.29, 0.717) is 12.5 Å². The molecule has 2 aromatic heterocycles. The lowest BCUT2D eigenvalue weighted by Crippen LogP contribution is -2.12. The van der Waals surface area contributed by atoms with Crippen molar-refractivity contribution >= 4 is 5.78 Å². The summed E-state index contributed by atoms with van der Waals surface area (Å²) in [7, 11) is 0. The maximum atomic E-state index is 12.0. The smallest absolute Gasteiger partial charge is 0.164 e. The molecule has 0 saturated heterocycles. The average molecular weight is 257 g/mol. The molecule has 0 aliphatic heterocycles. The molecule has 0 fully saturated rings. The van der Waals surface area contributed by atoms with Crippen LogP contribution >= 0.6 is 0 Å². The third-order valence-corrected chi connectivity index (χ3v) is 3.78. The van der Waals surface area contributed by atoms with Crippen molar-refractivity contribution in [2.75, 3.05) is 0 Å². The minimum Gasteiger partial charge on any atom is -0.315 e. The van der Waals surface area contributed by atoms with Gasteiger partial charge in [-0.15, -0.1) is 0 Å². The van der Waals surface area contributed by atoms with Gasteiger partial charge in [0.1, 0.15) is 0 Å². The summed E-state index contributed by atoms with van der Waals surface area (Å²) in [4.78, 5) is 12.0. The monoisotopic (exact) mass is 257 g/mol. The van der Waals surface area contributed by atoms with Crippen molar-refractivity contribution in [3.05, 3.63) is 35.4 Å². The van der Waals surface area contributed by atoms with E-state index < -0.39 is 0 Å². The first-order chi connectivity index (χ1) is 9.08. The lowest BCUT2D eigenvalue weighted by Gasteiger charge is -2.14. The van der Waals surface area contributed by atoms with Crippen molar-refractivity contribution < 1.29 is 4.79 Å². The Morgan fingerprint density at radius 2 is 2.11 bits per heavy atom. The molecule has 3 rings (SSSR count). The Kier molecular flexibility index (Phi) is 2.81. The van der Waals surface area contributed by atoms with Crippen LogP contribution in [-0.4, -0.2) is 20.1 Å². The molecule has 0 N–H and O–H groups in total. The van der Waals surface area contributed by atoms with Crippen molar-refractivity contribution in [1.82, 2.24) is 14.3 Å². The number of rotatable bonds is 2. The zero-order valence-electron chi connectivity index (χ0n) is 11.7. The molecule has 1 aliphatic carbocycles. The maximum Gasteiger partial charge on any atom is 0.164 e. The first-order valence-electron chi connectivity index (χ1n) is 6.87. The third kappa shape index (κ3) is 1.91. The van der Waals surface area contributed by atoms with E-state index >= 15 is 0 Å². The van der Waals surface area contributed by atoms with Gasteiger partial charge in [0, 0.05) is 35.6 Å². The predicted molar refractivity (Wildman–Crippen MR) is 73.9 cm³/mol. The van der Waals surface area contributed by atoms with E-state index in [1.54, 1.807) is 0 Å². The highest BCUT2D eigenvalue weighted by atomic mass is 16.1.